The van der Waals surface area contributed by atoms with Crippen LogP contribution in [-0.2, 0) is 0 Å². The standard InChI is InChI=1S/C21H24N4O2/c1-25(2)12-6-11-22-20(26)16-13-17(14-9-10-14)23-21-18(16)19(24-27-21)15-7-4-3-5-8-15/h3-5,7-8,13-14H,6,9-12H2,1-2H3,(H,22,26). The number of amides is 1. The second-order valence-electron chi connectivity index (χ2n) is 7.36. The molecule has 1 N–H and O–H groups in total. The van der Waals surface area contributed by atoms with Gasteiger partial charge in [-0.25, -0.2) is 4.98 Å². The highest BCUT2D eigenvalue weighted by Gasteiger charge is 2.29. The van der Waals surface area contributed by atoms with E-state index in [0.29, 0.717) is 34.8 Å². The van der Waals surface area contributed by atoms with Crippen molar-refractivity contribution in [3.63, 3.8) is 0 Å². The molecule has 0 spiro atoms. The maximum Gasteiger partial charge on any atom is 0.259 e. The molecular formula is C21H24N4O2. The molecule has 140 valence electrons. The Hall–Kier alpha value is -2.73. The number of hydrogen-bond acceptors (Lipinski definition) is 5. The summed E-state index contributed by atoms with van der Waals surface area (Å²) in [6, 6.07) is 11.7. The Morgan fingerprint density at radius 2 is 2.04 bits per heavy atom. The number of benzene rings is 1. The number of nitrogens with one attached hydrogen (secondary N) is 1. The highest BCUT2D eigenvalue weighted by molar-refractivity contribution is 6.09. The Balaban J connectivity index is 1.70. The van der Waals surface area contributed by atoms with Crippen LogP contribution in [0.5, 0.6) is 0 Å². The molecule has 0 atom stereocenters. The largest absolute Gasteiger partial charge is 0.352 e. The fourth-order valence-electron chi connectivity index (χ4n) is 3.22. The van der Waals surface area contributed by atoms with Crippen LogP contribution in [0.15, 0.2) is 40.9 Å². The first kappa shape index (κ1) is 17.7. The van der Waals surface area contributed by atoms with Crippen LogP contribution in [-0.4, -0.2) is 48.1 Å². The zero-order chi connectivity index (χ0) is 18.8. The summed E-state index contributed by atoms with van der Waals surface area (Å²) in [6.45, 7) is 1.56. The Morgan fingerprint density at radius 3 is 2.74 bits per heavy atom. The van der Waals surface area contributed by atoms with Gasteiger partial charge in [-0.05, 0) is 46.0 Å². The predicted octanol–water partition coefficient (Wildman–Crippen LogP) is 3.45. The molecule has 1 amide bonds. The number of fused-ring (bicyclic) bond motifs is 1. The Kier molecular flexibility index (Phi) is 4.90. The van der Waals surface area contributed by atoms with Crippen LogP contribution in [0.1, 0.15) is 41.2 Å². The van der Waals surface area contributed by atoms with Gasteiger partial charge >= 0.3 is 0 Å². The molecule has 27 heavy (non-hydrogen) atoms. The lowest BCUT2D eigenvalue weighted by Crippen LogP contribution is -2.27. The second kappa shape index (κ2) is 7.48. The first-order valence-corrected chi connectivity index (χ1v) is 9.42. The van der Waals surface area contributed by atoms with E-state index in [2.05, 4.69) is 20.4 Å². The first-order chi connectivity index (χ1) is 13.1. The monoisotopic (exact) mass is 364 g/mol. The molecule has 1 saturated carbocycles. The van der Waals surface area contributed by atoms with Crippen LogP contribution in [0.3, 0.4) is 0 Å². The maximum absolute atomic E-state index is 13.0. The van der Waals surface area contributed by atoms with Gasteiger partial charge in [0.15, 0.2) is 0 Å². The van der Waals surface area contributed by atoms with Crippen molar-refractivity contribution < 1.29 is 9.32 Å². The third-order valence-corrected chi connectivity index (χ3v) is 4.82. The van der Waals surface area contributed by atoms with E-state index in [-0.39, 0.29) is 5.91 Å². The zero-order valence-corrected chi connectivity index (χ0v) is 15.7. The minimum absolute atomic E-state index is 0.0940. The maximum atomic E-state index is 13.0. The summed E-state index contributed by atoms with van der Waals surface area (Å²) in [4.78, 5) is 19.7. The molecule has 1 aromatic carbocycles. The van der Waals surface area contributed by atoms with E-state index in [1.165, 1.54) is 0 Å². The topological polar surface area (TPSA) is 71.3 Å². The summed E-state index contributed by atoms with van der Waals surface area (Å²) >= 11 is 0. The molecule has 6 nitrogen and oxygen atoms in total. The highest BCUT2D eigenvalue weighted by atomic mass is 16.5. The Morgan fingerprint density at radius 1 is 1.26 bits per heavy atom. The minimum atomic E-state index is -0.0940. The summed E-state index contributed by atoms with van der Waals surface area (Å²) < 4.78 is 5.52. The number of rotatable bonds is 7. The van der Waals surface area contributed by atoms with Crippen LogP contribution in [0.25, 0.3) is 22.4 Å². The fraction of sp³-hybridized carbons (Fsp3) is 0.381. The molecule has 0 aliphatic heterocycles. The second-order valence-corrected chi connectivity index (χ2v) is 7.36. The van der Waals surface area contributed by atoms with Crippen molar-refractivity contribution in [2.24, 2.45) is 0 Å². The van der Waals surface area contributed by atoms with E-state index in [4.69, 9.17) is 4.52 Å². The molecule has 1 fully saturated rings. The van der Waals surface area contributed by atoms with Gasteiger partial charge in [-0.1, -0.05) is 35.5 Å². The third-order valence-electron chi connectivity index (χ3n) is 4.82. The van der Waals surface area contributed by atoms with Crippen molar-refractivity contribution >= 4 is 17.0 Å². The SMILES string of the molecule is CN(C)CCCNC(=O)c1cc(C2CC2)nc2onc(-c3ccccc3)c12. The molecule has 4 rings (SSSR count). The minimum Gasteiger partial charge on any atom is -0.352 e. The zero-order valence-electron chi connectivity index (χ0n) is 15.7. The van der Waals surface area contributed by atoms with Crippen molar-refractivity contribution in [1.29, 1.82) is 0 Å². The van der Waals surface area contributed by atoms with Gasteiger partial charge in [0.2, 0.25) is 0 Å². The fourth-order valence-corrected chi connectivity index (χ4v) is 3.22. The van der Waals surface area contributed by atoms with Gasteiger partial charge in [0.25, 0.3) is 11.6 Å². The molecule has 0 radical (unpaired) electrons. The number of hydrogen-bond donors (Lipinski definition) is 1. The molecule has 1 aliphatic carbocycles. The number of carbonyl (C=O) groups is 1. The molecule has 2 heterocycles. The van der Waals surface area contributed by atoms with Crippen molar-refractivity contribution in [2.75, 3.05) is 27.2 Å². The van der Waals surface area contributed by atoms with Crippen LogP contribution in [0.2, 0.25) is 0 Å². The number of nitrogens with zero attached hydrogens (tertiary/aromatic N) is 3. The van der Waals surface area contributed by atoms with E-state index >= 15 is 0 Å². The first-order valence-electron chi connectivity index (χ1n) is 9.42. The molecule has 3 aromatic rings. The van der Waals surface area contributed by atoms with E-state index in [1.54, 1.807) is 0 Å². The molecule has 0 unspecified atom stereocenters. The summed E-state index contributed by atoms with van der Waals surface area (Å²) in [5.41, 5.74) is 3.55. The lowest BCUT2D eigenvalue weighted by Gasteiger charge is -2.11. The Bertz CT molecular complexity index is 945. The molecule has 0 saturated heterocycles. The molecule has 6 heteroatoms. The van der Waals surface area contributed by atoms with Crippen molar-refractivity contribution in [3.05, 3.63) is 47.7 Å². The number of aromatic nitrogens is 2. The average Bonchev–Trinajstić information content (AvgIpc) is 3.44. The molecular weight excluding hydrogens is 340 g/mol. The molecule has 1 aliphatic rings. The van der Waals surface area contributed by atoms with E-state index < -0.39 is 0 Å². The van der Waals surface area contributed by atoms with Crippen molar-refractivity contribution in [1.82, 2.24) is 20.4 Å². The van der Waals surface area contributed by atoms with Gasteiger partial charge in [0, 0.05) is 23.7 Å². The van der Waals surface area contributed by atoms with Gasteiger partial charge in [0.1, 0.15) is 5.69 Å². The Labute approximate surface area is 158 Å². The summed E-state index contributed by atoms with van der Waals surface area (Å²) in [5, 5.41) is 7.95. The number of pyridine rings is 1. The normalized spacial score (nSPS) is 14.0. The number of carbonyl (C=O) groups excluding carboxylic acids is 1. The van der Waals surface area contributed by atoms with Crippen molar-refractivity contribution in [3.8, 4) is 11.3 Å². The van der Waals surface area contributed by atoms with Crippen molar-refractivity contribution in [2.45, 2.75) is 25.2 Å². The van der Waals surface area contributed by atoms with Crippen LogP contribution >= 0.6 is 0 Å². The van der Waals surface area contributed by atoms with Crippen LogP contribution in [0.4, 0.5) is 0 Å². The van der Waals surface area contributed by atoms with E-state index in [1.807, 2.05) is 50.5 Å². The highest BCUT2D eigenvalue weighted by Crippen LogP contribution is 2.41. The summed E-state index contributed by atoms with van der Waals surface area (Å²) in [5.74, 6) is 0.336. The summed E-state index contributed by atoms with van der Waals surface area (Å²) in [7, 11) is 4.05. The van der Waals surface area contributed by atoms with E-state index in [9.17, 15) is 4.79 Å². The van der Waals surface area contributed by atoms with Gasteiger partial charge in [-0.15, -0.1) is 0 Å². The van der Waals surface area contributed by atoms with Crippen LogP contribution < -0.4 is 5.32 Å². The molecule has 2 aromatic heterocycles. The predicted molar refractivity (Wildman–Crippen MR) is 105 cm³/mol. The lowest BCUT2D eigenvalue weighted by atomic mass is 10.0. The smallest absolute Gasteiger partial charge is 0.259 e. The molecule has 0 bridgehead atoms. The summed E-state index contributed by atoms with van der Waals surface area (Å²) in [6.07, 6.45) is 3.13. The third kappa shape index (κ3) is 3.85. The van der Waals surface area contributed by atoms with Crippen LogP contribution in [0, 0.1) is 0 Å². The lowest BCUT2D eigenvalue weighted by molar-refractivity contribution is 0.0953. The average molecular weight is 364 g/mol. The van der Waals surface area contributed by atoms with Gasteiger partial charge in [0.05, 0.1) is 10.9 Å². The van der Waals surface area contributed by atoms with E-state index in [0.717, 1.165) is 37.1 Å². The quantitative estimate of drug-likeness (QED) is 0.650. The van der Waals surface area contributed by atoms with Gasteiger partial charge < -0.3 is 14.7 Å². The van der Waals surface area contributed by atoms with Gasteiger partial charge in [-0.2, -0.15) is 0 Å². The van der Waals surface area contributed by atoms with Gasteiger partial charge in [-0.3, -0.25) is 4.79 Å².